The Kier molecular flexibility index (Phi) is 8.67. The van der Waals surface area contributed by atoms with E-state index in [1.54, 1.807) is 0 Å². The lowest BCUT2D eigenvalue weighted by atomic mass is 10.0. The second-order valence-electron chi connectivity index (χ2n) is 16.4. The zero-order valence-corrected chi connectivity index (χ0v) is 35.4. The Morgan fingerprint density at radius 3 is 1.15 bits per heavy atom. The van der Waals surface area contributed by atoms with E-state index in [-0.39, 0.29) is 0 Å². The summed E-state index contributed by atoms with van der Waals surface area (Å²) in [5.74, 6) is 2.00. The fourth-order valence-electron chi connectivity index (χ4n) is 9.17. The lowest BCUT2D eigenvalue weighted by molar-refractivity contribution is 0.979. The number of nitrogens with zero attached hydrogens (tertiary/aromatic N) is 8. The highest BCUT2D eigenvalue weighted by molar-refractivity contribution is 6.12. The molecule has 13 aromatic rings. The highest BCUT2D eigenvalue weighted by Gasteiger charge is 2.22. The van der Waals surface area contributed by atoms with Crippen LogP contribution in [0.2, 0.25) is 0 Å². The van der Waals surface area contributed by atoms with Crippen LogP contribution in [-0.2, 0) is 0 Å². The third-order valence-corrected chi connectivity index (χ3v) is 12.3. The Morgan fingerprint density at radius 2 is 0.682 bits per heavy atom. The summed E-state index contributed by atoms with van der Waals surface area (Å²) >= 11 is 0. The fourth-order valence-corrected chi connectivity index (χ4v) is 9.17. The maximum absolute atomic E-state index is 5.45. The second-order valence-corrected chi connectivity index (χ2v) is 16.4. The van der Waals surface area contributed by atoms with Crippen LogP contribution in [0.15, 0.2) is 218 Å². The summed E-state index contributed by atoms with van der Waals surface area (Å²) in [4.78, 5) is 31.6. The van der Waals surface area contributed by atoms with E-state index in [0.29, 0.717) is 11.6 Å². The van der Waals surface area contributed by atoms with Gasteiger partial charge in [-0.15, -0.1) is 0 Å². The van der Waals surface area contributed by atoms with Crippen LogP contribution in [-0.4, -0.2) is 38.9 Å². The Labute approximate surface area is 378 Å². The highest BCUT2D eigenvalue weighted by Crippen LogP contribution is 2.39. The molecule has 13 rings (SSSR count). The van der Waals surface area contributed by atoms with Crippen molar-refractivity contribution in [1.82, 2.24) is 38.9 Å². The van der Waals surface area contributed by atoms with Gasteiger partial charge in [-0.25, -0.2) is 29.9 Å². The Balaban J connectivity index is 1.09. The minimum Gasteiger partial charge on any atom is -0.279 e. The number of fused-ring (bicyclic) bond motifs is 8. The largest absolute Gasteiger partial charge is 0.279 e. The molecule has 0 unspecified atom stereocenters. The number of benzene rings is 8. The molecule has 0 N–H and O–H groups in total. The van der Waals surface area contributed by atoms with E-state index in [1.165, 1.54) is 0 Å². The van der Waals surface area contributed by atoms with Crippen molar-refractivity contribution >= 4 is 49.4 Å². The van der Waals surface area contributed by atoms with Crippen molar-refractivity contribution in [2.45, 2.75) is 0 Å². The van der Waals surface area contributed by atoms with Crippen LogP contribution in [0.4, 0.5) is 0 Å². The van der Waals surface area contributed by atoms with E-state index in [4.69, 9.17) is 29.9 Å². The monoisotopic (exact) mass is 844 g/mol. The molecular formula is C58H36N8. The van der Waals surface area contributed by atoms with Gasteiger partial charge in [-0.1, -0.05) is 146 Å². The average Bonchev–Trinajstić information content (AvgIpc) is 3.95. The van der Waals surface area contributed by atoms with Crippen LogP contribution in [0.3, 0.4) is 0 Å². The number of aromatic nitrogens is 8. The molecule has 0 bridgehead atoms. The zero-order valence-electron chi connectivity index (χ0n) is 35.4. The molecule has 0 aliphatic carbocycles. The number of para-hydroxylation sites is 3. The second kappa shape index (κ2) is 15.3. The van der Waals surface area contributed by atoms with Gasteiger partial charge < -0.3 is 0 Å². The van der Waals surface area contributed by atoms with Crippen molar-refractivity contribution in [3.63, 3.8) is 0 Å². The van der Waals surface area contributed by atoms with E-state index in [0.717, 1.165) is 111 Å². The first-order valence-corrected chi connectivity index (χ1v) is 22.0. The molecule has 0 radical (unpaired) electrons. The minimum absolute atomic E-state index is 0.632. The van der Waals surface area contributed by atoms with Gasteiger partial charge in [-0.2, -0.15) is 0 Å². The summed E-state index contributed by atoms with van der Waals surface area (Å²) in [6, 6.07) is 74.9. The Hall–Kier alpha value is -9.14. The molecule has 0 atom stereocenters. The molecule has 0 aliphatic heterocycles. The van der Waals surface area contributed by atoms with Gasteiger partial charge in [0.2, 0.25) is 5.95 Å². The van der Waals surface area contributed by atoms with Crippen LogP contribution in [0, 0.1) is 0 Å². The van der Waals surface area contributed by atoms with Crippen molar-refractivity contribution in [1.29, 1.82) is 0 Å². The van der Waals surface area contributed by atoms with E-state index in [9.17, 15) is 0 Å². The first-order valence-electron chi connectivity index (χ1n) is 22.0. The fraction of sp³-hybridized carbons (Fsp3) is 0. The third-order valence-electron chi connectivity index (χ3n) is 12.3. The molecule has 308 valence electrons. The van der Waals surface area contributed by atoms with Gasteiger partial charge in [0.15, 0.2) is 11.6 Å². The molecule has 5 aromatic heterocycles. The number of hydrogen-bond donors (Lipinski definition) is 0. The van der Waals surface area contributed by atoms with Crippen LogP contribution in [0.25, 0.3) is 123 Å². The molecule has 0 amide bonds. The van der Waals surface area contributed by atoms with E-state index < -0.39 is 0 Å². The summed E-state index contributed by atoms with van der Waals surface area (Å²) in [5.41, 5.74) is 14.8. The predicted molar refractivity (Wildman–Crippen MR) is 266 cm³/mol. The van der Waals surface area contributed by atoms with Crippen LogP contribution >= 0.6 is 0 Å². The lowest BCUT2D eigenvalue weighted by Gasteiger charge is -2.13. The van der Waals surface area contributed by atoms with Gasteiger partial charge in [0.25, 0.3) is 0 Å². The molecule has 8 aromatic carbocycles. The summed E-state index contributed by atoms with van der Waals surface area (Å²) < 4.78 is 4.45. The normalized spacial score (nSPS) is 11.6. The van der Waals surface area contributed by atoms with Crippen molar-refractivity contribution in [2.24, 2.45) is 0 Å². The summed E-state index contributed by atoms with van der Waals surface area (Å²) in [7, 11) is 0. The maximum Gasteiger partial charge on any atom is 0.221 e. The molecule has 0 saturated heterocycles. The van der Waals surface area contributed by atoms with E-state index in [1.807, 2.05) is 91.0 Å². The SMILES string of the molecule is c1ccc(-c2cc(-c3ccccc3)nc(-c3ccc4c(c3)c3cc(-c5nc(-c6ccccc6)cc(-c6ccccc6)n5)ccc3n4-c3nc4ccccc4c4nc5ccccc5n34)n2)cc1. The molecule has 8 heteroatoms. The Bertz CT molecular complexity index is 3680. The number of rotatable bonds is 7. The molecule has 0 saturated carbocycles. The third kappa shape index (κ3) is 6.31. The van der Waals surface area contributed by atoms with Crippen molar-refractivity contribution in [3.8, 4) is 73.8 Å². The smallest absolute Gasteiger partial charge is 0.221 e. The van der Waals surface area contributed by atoms with Gasteiger partial charge in [-0.05, 0) is 72.8 Å². The predicted octanol–water partition coefficient (Wildman–Crippen LogP) is 13.7. The van der Waals surface area contributed by atoms with Crippen molar-refractivity contribution in [3.05, 3.63) is 218 Å². The van der Waals surface area contributed by atoms with Crippen LogP contribution < -0.4 is 0 Å². The molecule has 8 nitrogen and oxygen atoms in total. The first-order chi connectivity index (χ1) is 32.7. The van der Waals surface area contributed by atoms with Crippen molar-refractivity contribution < 1.29 is 0 Å². The van der Waals surface area contributed by atoms with Crippen molar-refractivity contribution in [2.75, 3.05) is 0 Å². The number of imidazole rings is 1. The number of hydrogen-bond acceptors (Lipinski definition) is 6. The first kappa shape index (κ1) is 37.4. The molecule has 5 heterocycles. The Morgan fingerprint density at radius 1 is 0.273 bits per heavy atom. The van der Waals surface area contributed by atoms with Gasteiger partial charge >= 0.3 is 0 Å². The average molecular weight is 845 g/mol. The summed E-state index contributed by atoms with van der Waals surface area (Å²) in [6.45, 7) is 0. The standard InChI is InChI=1S/C58H36N8/c1-5-17-37(18-6-1)48-35-49(38-19-7-2-8-20-38)60-55(59-48)41-29-31-52-44(33-41)45-34-42(56-61-50(39-21-9-3-10-22-39)36-51(62-56)40-23-11-4-12-24-40)30-32-53(45)65(52)58-64-46-26-14-13-25-43(46)57-63-47-27-15-16-28-54(47)66(57)58/h1-36H. The van der Waals surface area contributed by atoms with Crippen LogP contribution in [0.1, 0.15) is 0 Å². The maximum atomic E-state index is 5.45. The summed E-state index contributed by atoms with van der Waals surface area (Å²) in [6.07, 6.45) is 0. The van der Waals surface area contributed by atoms with E-state index in [2.05, 4.69) is 136 Å². The topological polar surface area (TPSA) is 86.7 Å². The summed E-state index contributed by atoms with van der Waals surface area (Å²) in [5, 5.41) is 3.00. The van der Waals surface area contributed by atoms with Gasteiger partial charge in [0, 0.05) is 49.5 Å². The van der Waals surface area contributed by atoms with Gasteiger partial charge in [0.1, 0.15) is 5.65 Å². The zero-order chi connectivity index (χ0) is 43.6. The molecular weight excluding hydrogens is 809 g/mol. The highest BCUT2D eigenvalue weighted by atomic mass is 15.2. The lowest BCUT2D eigenvalue weighted by Crippen LogP contribution is -2.06. The minimum atomic E-state index is 0.632. The van der Waals surface area contributed by atoms with Gasteiger partial charge in [-0.3, -0.25) is 8.97 Å². The molecule has 0 spiro atoms. The molecule has 0 aliphatic rings. The van der Waals surface area contributed by atoms with E-state index >= 15 is 0 Å². The molecule has 66 heavy (non-hydrogen) atoms. The van der Waals surface area contributed by atoms with Crippen LogP contribution in [0.5, 0.6) is 0 Å². The molecule has 0 fully saturated rings. The van der Waals surface area contributed by atoms with Gasteiger partial charge in [0.05, 0.1) is 50.4 Å². The quantitative estimate of drug-likeness (QED) is 0.159.